The third-order valence-electron chi connectivity index (χ3n) is 2.11. The Balaban J connectivity index is 2.24. The topological polar surface area (TPSA) is 53.4 Å². The number of thiazole rings is 1. The number of carbonyl (C=O) groups is 1. The second kappa shape index (κ2) is 6.98. The van der Waals surface area contributed by atoms with Crippen molar-refractivity contribution in [3.8, 4) is 0 Å². The van der Waals surface area contributed by atoms with E-state index in [1.54, 1.807) is 42.0 Å². The van der Waals surface area contributed by atoms with Crippen molar-refractivity contribution in [3.63, 3.8) is 0 Å². The molecule has 1 unspecified atom stereocenters. The molecule has 1 atom stereocenters. The minimum atomic E-state index is -0.477. The van der Waals surface area contributed by atoms with E-state index in [-0.39, 0.29) is 5.91 Å². The Morgan fingerprint density at radius 1 is 1.71 bits per heavy atom. The van der Waals surface area contributed by atoms with Crippen molar-refractivity contribution >= 4 is 29.0 Å². The number of aryl methyl sites for hydroxylation is 1. The van der Waals surface area contributed by atoms with Gasteiger partial charge in [0.1, 0.15) is 0 Å². The number of aliphatic hydroxyl groups excluding tert-OH is 1. The van der Waals surface area contributed by atoms with Crippen LogP contribution < -0.4 is 0 Å². The minimum Gasteiger partial charge on any atom is -0.392 e. The van der Waals surface area contributed by atoms with Gasteiger partial charge in [-0.1, -0.05) is 0 Å². The second-order valence-corrected chi connectivity index (χ2v) is 6.02. The van der Waals surface area contributed by atoms with Gasteiger partial charge in [0.2, 0.25) is 5.91 Å². The molecule has 0 aromatic carbocycles. The van der Waals surface area contributed by atoms with Crippen molar-refractivity contribution in [3.05, 3.63) is 16.1 Å². The van der Waals surface area contributed by atoms with Crippen molar-refractivity contribution in [1.29, 1.82) is 0 Å². The summed E-state index contributed by atoms with van der Waals surface area (Å²) in [6.07, 6.45) is -0.477. The zero-order chi connectivity index (χ0) is 12.8. The van der Waals surface area contributed by atoms with Gasteiger partial charge < -0.3 is 10.0 Å². The van der Waals surface area contributed by atoms with Crippen molar-refractivity contribution in [1.82, 2.24) is 9.88 Å². The van der Waals surface area contributed by atoms with Crippen LogP contribution in [-0.2, 0) is 10.5 Å². The van der Waals surface area contributed by atoms with Crippen LogP contribution >= 0.6 is 23.1 Å². The normalized spacial score (nSPS) is 12.5. The molecular formula is C11H18N2O2S2. The number of thioether (sulfide) groups is 1. The Morgan fingerprint density at radius 2 is 2.41 bits per heavy atom. The number of hydrogen-bond acceptors (Lipinski definition) is 5. The Hall–Kier alpha value is -0.590. The summed E-state index contributed by atoms with van der Waals surface area (Å²) >= 11 is 3.18. The van der Waals surface area contributed by atoms with Gasteiger partial charge in [-0.25, -0.2) is 4.98 Å². The van der Waals surface area contributed by atoms with Crippen LogP contribution in [0, 0.1) is 6.92 Å². The van der Waals surface area contributed by atoms with E-state index in [0.717, 1.165) is 16.5 Å². The summed E-state index contributed by atoms with van der Waals surface area (Å²) < 4.78 is 0. The predicted molar refractivity (Wildman–Crippen MR) is 72.3 cm³/mol. The molecule has 96 valence electrons. The van der Waals surface area contributed by atoms with E-state index in [1.165, 1.54) is 0 Å². The lowest BCUT2D eigenvalue weighted by Crippen LogP contribution is -2.34. The largest absolute Gasteiger partial charge is 0.392 e. The SMILES string of the molecule is Cc1nc(CSCC(=O)N(C)CC(C)O)cs1. The highest BCUT2D eigenvalue weighted by atomic mass is 32.2. The monoisotopic (exact) mass is 274 g/mol. The molecule has 0 spiro atoms. The number of amides is 1. The molecular weight excluding hydrogens is 256 g/mol. The average molecular weight is 274 g/mol. The first-order chi connectivity index (χ1) is 7.99. The molecule has 1 heterocycles. The fourth-order valence-corrected chi connectivity index (χ4v) is 2.90. The van der Waals surface area contributed by atoms with Crippen LogP contribution in [0.2, 0.25) is 0 Å². The Kier molecular flexibility index (Phi) is 5.94. The second-order valence-electron chi connectivity index (χ2n) is 3.97. The van der Waals surface area contributed by atoms with Gasteiger partial charge in [-0.2, -0.15) is 0 Å². The number of carbonyl (C=O) groups excluding carboxylic acids is 1. The zero-order valence-electron chi connectivity index (χ0n) is 10.3. The van der Waals surface area contributed by atoms with E-state index in [2.05, 4.69) is 4.98 Å². The Bertz CT molecular complexity index is 366. The fourth-order valence-electron chi connectivity index (χ4n) is 1.33. The maximum atomic E-state index is 11.7. The predicted octanol–water partition coefficient (Wildman–Crippen LogP) is 1.52. The first kappa shape index (κ1) is 14.5. The number of hydrogen-bond donors (Lipinski definition) is 1. The first-order valence-electron chi connectivity index (χ1n) is 5.40. The summed E-state index contributed by atoms with van der Waals surface area (Å²) in [6.45, 7) is 4.03. The molecule has 4 nitrogen and oxygen atoms in total. The van der Waals surface area contributed by atoms with E-state index in [0.29, 0.717) is 12.3 Å². The summed E-state index contributed by atoms with van der Waals surface area (Å²) in [5, 5.41) is 12.2. The lowest BCUT2D eigenvalue weighted by atomic mass is 10.4. The summed E-state index contributed by atoms with van der Waals surface area (Å²) in [6, 6.07) is 0. The molecule has 0 saturated carbocycles. The van der Waals surface area contributed by atoms with Gasteiger partial charge in [0.05, 0.1) is 22.6 Å². The average Bonchev–Trinajstić information content (AvgIpc) is 2.63. The third kappa shape index (κ3) is 5.52. The summed E-state index contributed by atoms with van der Waals surface area (Å²) in [7, 11) is 1.71. The summed E-state index contributed by atoms with van der Waals surface area (Å²) in [4.78, 5) is 17.5. The number of aliphatic hydroxyl groups is 1. The van der Waals surface area contributed by atoms with Gasteiger partial charge >= 0.3 is 0 Å². The quantitative estimate of drug-likeness (QED) is 0.854. The number of rotatable bonds is 6. The van der Waals surface area contributed by atoms with Crippen LogP contribution in [0.3, 0.4) is 0 Å². The van der Waals surface area contributed by atoms with Crippen LogP contribution in [-0.4, -0.2) is 46.3 Å². The van der Waals surface area contributed by atoms with E-state index in [1.807, 2.05) is 12.3 Å². The van der Waals surface area contributed by atoms with Gasteiger partial charge in [0.15, 0.2) is 0 Å². The molecule has 1 rings (SSSR count). The molecule has 0 saturated heterocycles. The van der Waals surface area contributed by atoms with Crippen molar-refractivity contribution in [2.24, 2.45) is 0 Å². The van der Waals surface area contributed by atoms with Gasteiger partial charge in [-0.15, -0.1) is 23.1 Å². The van der Waals surface area contributed by atoms with E-state index < -0.39 is 6.10 Å². The highest BCUT2D eigenvalue weighted by Gasteiger charge is 2.11. The van der Waals surface area contributed by atoms with Crippen LogP contribution in [0.5, 0.6) is 0 Å². The van der Waals surface area contributed by atoms with Gasteiger partial charge in [-0.3, -0.25) is 4.79 Å². The van der Waals surface area contributed by atoms with E-state index in [4.69, 9.17) is 5.11 Å². The van der Waals surface area contributed by atoms with E-state index >= 15 is 0 Å². The molecule has 0 aliphatic rings. The highest BCUT2D eigenvalue weighted by Crippen LogP contribution is 2.15. The fraction of sp³-hybridized carbons (Fsp3) is 0.636. The molecule has 0 radical (unpaired) electrons. The molecule has 1 N–H and O–H groups in total. The lowest BCUT2D eigenvalue weighted by molar-refractivity contribution is -0.128. The molecule has 0 aliphatic carbocycles. The van der Waals surface area contributed by atoms with Gasteiger partial charge in [-0.05, 0) is 13.8 Å². The number of nitrogens with zero attached hydrogens (tertiary/aromatic N) is 2. The Morgan fingerprint density at radius 3 is 2.94 bits per heavy atom. The molecule has 0 aliphatic heterocycles. The third-order valence-corrected chi connectivity index (χ3v) is 3.88. The van der Waals surface area contributed by atoms with Crippen LogP contribution in [0.4, 0.5) is 0 Å². The van der Waals surface area contributed by atoms with E-state index in [9.17, 15) is 4.79 Å². The smallest absolute Gasteiger partial charge is 0.232 e. The van der Waals surface area contributed by atoms with Gasteiger partial charge in [0, 0.05) is 24.7 Å². The molecule has 0 bridgehead atoms. The van der Waals surface area contributed by atoms with Crippen LogP contribution in [0.1, 0.15) is 17.6 Å². The summed E-state index contributed by atoms with van der Waals surface area (Å²) in [5.41, 5.74) is 1.03. The highest BCUT2D eigenvalue weighted by molar-refractivity contribution is 7.99. The van der Waals surface area contributed by atoms with Crippen molar-refractivity contribution in [2.75, 3.05) is 19.3 Å². The maximum Gasteiger partial charge on any atom is 0.232 e. The minimum absolute atomic E-state index is 0.0443. The van der Waals surface area contributed by atoms with Crippen molar-refractivity contribution in [2.45, 2.75) is 25.7 Å². The molecule has 1 aromatic rings. The van der Waals surface area contributed by atoms with Crippen molar-refractivity contribution < 1.29 is 9.90 Å². The van der Waals surface area contributed by atoms with Crippen LogP contribution in [0.25, 0.3) is 0 Å². The van der Waals surface area contributed by atoms with Crippen LogP contribution in [0.15, 0.2) is 5.38 Å². The molecule has 0 fully saturated rings. The Labute approximate surface area is 110 Å². The zero-order valence-corrected chi connectivity index (χ0v) is 12.0. The first-order valence-corrected chi connectivity index (χ1v) is 7.43. The number of likely N-dealkylation sites (N-methyl/N-ethyl adjacent to an activating group) is 1. The molecule has 1 amide bonds. The molecule has 1 aromatic heterocycles. The standard InChI is InChI=1S/C11H18N2O2S2/c1-8(14)4-13(3)11(15)7-16-5-10-6-17-9(2)12-10/h6,8,14H,4-5,7H2,1-3H3. The number of aromatic nitrogens is 1. The molecule has 6 heteroatoms. The lowest BCUT2D eigenvalue weighted by Gasteiger charge is -2.18. The summed E-state index contributed by atoms with van der Waals surface area (Å²) in [5.74, 6) is 1.24. The van der Waals surface area contributed by atoms with Gasteiger partial charge in [0.25, 0.3) is 0 Å². The molecule has 17 heavy (non-hydrogen) atoms. The maximum absolute atomic E-state index is 11.7.